The minimum absolute atomic E-state index is 0.255. The van der Waals surface area contributed by atoms with E-state index in [-0.39, 0.29) is 5.91 Å². The Balaban J connectivity index is 1.50. The Morgan fingerprint density at radius 3 is 2.41 bits per heavy atom. The van der Waals surface area contributed by atoms with E-state index in [9.17, 15) is 14.7 Å². The number of nitrogens with zero attached hydrogens (tertiary/aromatic N) is 1. The molecule has 1 N–H and O–H groups in total. The van der Waals surface area contributed by atoms with Gasteiger partial charge in [0.05, 0.1) is 6.04 Å². The Kier molecular flexibility index (Phi) is 6.29. The topological polar surface area (TPSA) is 76.1 Å². The van der Waals surface area contributed by atoms with Crippen molar-refractivity contribution in [3.63, 3.8) is 0 Å². The first kappa shape index (κ1) is 23.9. The van der Waals surface area contributed by atoms with Gasteiger partial charge in [-0.1, -0.05) is 61.2 Å². The highest BCUT2D eigenvalue weighted by atomic mass is 35.5. The maximum atomic E-state index is 14.0. The summed E-state index contributed by atoms with van der Waals surface area (Å²) in [6.07, 6.45) is 5.85. The fourth-order valence-electron chi connectivity index (χ4n) is 6.08. The van der Waals surface area contributed by atoms with E-state index in [4.69, 9.17) is 21.1 Å². The minimum Gasteiger partial charge on any atom is -0.486 e. The second kappa shape index (κ2) is 9.75. The zero-order valence-corrected chi connectivity index (χ0v) is 21.1. The van der Waals surface area contributed by atoms with Crippen LogP contribution < -0.4 is 14.4 Å². The van der Waals surface area contributed by atoms with Crippen LogP contribution in [0.5, 0.6) is 11.5 Å². The van der Waals surface area contributed by atoms with Crippen molar-refractivity contribution in [3.05, 3.63) is 87.9 Å². The van der Waals surface area contributed by atoms with Crippen LogP contribution in [0.3, 0.4) is 0 Å². The number of rotatable bonds is 4. The number of carboxylic acid groups (broad SMARTS) is 1. The molecule has 0 spiro atoms. The van der Waals surface area contributed by atoms with Gasteiger partial charge in [0.25, 0.3) is 5.91 Å². The molecule has 190 valence electrons. The molecule has 0 bridgehead atoms. The van der Waals surface area contributed by atoms with E-state index in [1.54, 1.807) is 41.3 Å². The molecule has 3 aromatic carbocycles. The lowest BCUT2D eigenvalue weighted by Gasteiger charge is -2.41. The summed E-state index contributed by atoms with van der Waals surface area (Å²) in [6.45, 7) is 0.866. The van der Waals surface area contributed by atoms with Crippen LogP contribution in [0.25, 0.3) is 0 Å². The zero-order valence-electron chi connectivity index (χ0n) is 20.4. The standard InChI is InChI=1S/C30H28ClNO5/c31-24-17-20(11-12-21(24)18-6-2-1-3-7-18)32-28(19-10-13-25-26(16-19)37-15-14-36-25)27(30(34)35)22-8-4-5-9-23(22)29(32)33/h4-5,8-13,16-18,27-28H,1-3,6-7,14-15H2,(H,34,35)/t27-,28+/m0/s1. The highest BCUT2D eigenvalue weighted by Gasteiger charge is 2.45. The van der Waals surface area contributed by atoms with Crippen LogP contribution in [0.15, 0.2) is 60.7 Å². The molecule has 37 heavy (non-hydrogen) atoms. The summed E-state index contributed by atoms with van der Waals surface area (Å²) in [7, 11) is 0. The molecule has 2 atom stereocenters. The number of aliphatic carboxylic acids is 1. The fourth-order valence-corrected chi connectivity index (χ4v) is 6.41. The van der Waals surface area contributed by atoms with Crippen molar-refractivity contribution in [3.8, 4) is 11.5 Å². The summed E-state index contributed by atoms with van der Waals surface area (Å²) in [6, 6.07) is 17.3. The predicted octanol–water partition coefficient (Wildman–Crippen LogP) is 6.73. The molecule has 2 heterocycles. The van der Waals surface area contributed by atoms with Crippen LogP contribution in [-0.4, -0.2) is 30.2 Å². The van der Waals surface area contributed by atoms with E-state index in [1.165, 1.54) is 19.3 Å². The van der Waals surface area contributed by atoms with Crippen LogP contribution in [0, 0.1) is 0 Å². The third-order valence-corrected chi connectivity index (χ3v) is 8.15. The molecule has 6 rings (SSSR count). The SMILES string of the molecule is O=C(O)[C@H]1c2ccccc2C(=O)N(c2ccc(C3CCCCC3)c(Cl)c2)[C@@H]1c1ccc2c(c1)OCCO2. The van der Waals surface area contributed by atoms with Crippen molar-refractivity contribution < 1.29 is 24.2 Å². The number of anilines is 1. The van der Waals surface area contributed by atoms with E-state index in [1.807, 2.05) is 24.3 Å². The van der Waals surface area contributed by atoms with Crippen molar-refractivity contribution in [1.29, 1.82) is 0 Å². The van der Waals surface area contributed by atoms with E-state index in [0.717, 1.165) is 18.4 Å². The number of fused-ring (bicyclic) bond motifs is 2. The van der Waals surface area contributed by atoms with E-state index in [2.05, 4.69) is 0 Å². The number of benzene rings is 3. The normalized spacial score (nSPS) is 21.4. The number of carbonyl (C=O) groups is 2. The van der Waals surface area contributed by atoms with Crippen LogP contribution in [0.1, 0.15) is 77.0 Å². The third-order valence-electron chi connectivity index (χ3n) is 7.82. The number of hydrogen-bond donors (Lipinski definition) is 1. The Labute approximate surface area is 220 Å². The van der Waals surface area contributed by atoms with Gasteiger partial charge in [0.1, 0.15) is 19.1 Å². The Hall–Kier alpha value is -3.51. The maximum absolute atomic E-state index is 14.0. The van der Waals surface area contributed by atoms with Gasteiger partial charge in [-0.05, 0) is 65.8 Å². The molecule has 1 fully saturated rings. The van der Waals surface area contributed by atoms with Crippen LogP contribution in [0.2, 0.25) is 5.02 Å². The van der Waals surface area contributed by atoms with Gasteiger partial charge in [0.15, 0.2) is 11.5 Å². The van der Waals surface area contributed by atoms with Crippen molar-refractivity contribution >= 4 is 29.2 Å². The molecular weight excluding hydrogens is 490 g/mol. The molecule has 1 aliphatic carbocycles. The monoisotopic (exact) mass is 517 g/mol. The lowest BCUT2D eigenvalue weighted by atomic mass is 9.79. The van der Waals surface area contributed by atoms with Gasteiger partial charge in [-0.15, -0.1) is 0 Å². The van der Waals surface area contributed by atoms with Gasteiger partial charge in [-0.25, -0.2) is 0 Å². The lowest BCUT2D eigenvalue weighted by molar-refractivity contribution is -0.139. The molecule has 0 radical (unpaired) electrons. The van der Waals surface area contributed by atoms with Crippen molar-refractivity contribution in [2.75, 3.05) is 18.1 Å². The molecule has 6 nitrogen and oxygen atoms in total. The van der Waals surface area contributed by atoms with Gasteiger partial charge in [0.2, 0.25) is 0 Å². The smallest absolute Gasteiger partial charge is 0.313 e. The van der Waals surface area contributed by atoms with Crippen LogP contribution >= 0.6 is 11.6 Å². The van der Waals surface area contributed by atoms with Gasteiger partial charge >= 0.3 is 5.97 Å². The molecule has 0 aromatic heterocycles. The average Bonchev–Trinajstić information content (AvgIpc) is 2.93. The molecule has 3 aromatic rings. The first-order valence-electron chi connectivity index (χ1n) is 12.9. The van der Waals surface area contributed by atoms with Gasteiger partial charge in [0, 0.05) is 16.3 Å². The van der Waals surface area contributed by atoms with Gasteiger partial charge < -0.3 is 14.6 Å². The fraction of sp³-hybridized carbons (Fsp3) is 0.333. The summed E-state index contributed by atoms with van der Waals surface area (Å²) in [5.74, 6) is -0.674. The molecule has 1 amide bonds. The number of halogens is 1. The molecule has 0 unspecified atom stereocenters. The van der Waals surface area contributed by atoms with Gasteiger partial charge in [-0.2, -0.15) is 0 Å². The van der Waals surface area contributed by atoms with E-state index < -0.39 is 17.9 Å². The first-order valence-corrected chi connectivity index (χ1v) is 13.2. The Bertz CT molecular complexity index is 1370. The highest BCUT2D eigenvalue weighted by Crippen LogP contribution is 2.48. The maximum Gasteiger partial charge on any atom is 0.313 e. The number of amides is 1. The molecule has 1 saturated carbocycles. The quantitative estimate of drug-likeness (QED) is 0.415. The molecule has 0 saturated heterocycles. The summed E-state index contributed by atoms with van der Waals surface area (Å²) in [5.41, 5.74) is 3.22. The number of hydrogen-bond acceptors (Lipinski definition) is 4. The number of carbonyl (C=O) groups excluding carboxylic acids is 1. The Morgan fingerprint density at radius 1 is 0.892 bits per heavy atom. The molecule has 2 aliphatic heterocycles. The summed E-state index contributed by atoms with van der Waals surface area (Å²) in [5, 5.41) is 11.1. The summed E-state index contributed by atoms with van der Waals surface area (Å²) < 4.78 is 11.5. The largest absolute Gasteiger partial charge is 0.486 e. The highest BCUT2D eigenvalue weighted by molar-refractivity contribution is 6.32. The number of ether oxygens (including phenoxy) is 2. The number of carboxylic acids is 1. The van der Waals surface area contributed by atoms with Crippen molar-refractivity contribution in [1.82, 2.24) is 0 Å². The van der Waals surface area contributed by atoms with Crippen molar-refractivity contribution in [2.45, 2.75) is 50.0 Å². The van der Waals surface area contributed by atoms with Crippen molar-refractivity contribution in [2.24, 2.45) is 0 Å². The minimum atomic E-state index is -1.00. The zero-order chi connectivity index (χ0) is 25.5. The lowest BCUT2D eigenvalue weighted by Crippen LogP contribution is -2.45. The second-order valence-corrected chi connectivity index (χ2v) is 10.4. The Morgan fingerprint density at radius 2 is 1.65 bits per heavy atom. The van der Waals surface area contributed by atoms with Crippen LogP contribution in [0.4, 0.5) is 5.69 Å². The first-order chi connectivity index (χ1) is 18.0. The average molecular weight is 518 g/mol. The third kappa shape index (κ3) is 4.23. The summed E-state index contributed by atoms with van der Waals surface area (Å²) in [4.78, 5) is 28.4. The second-order valence-electron chi connectivity index (χ2n) is 9.97. The molecule has 3 aliphatic rings. The van der Waals surface area contributed by atoms with Gasteiger partial charge in [-0.3, -0.25) is 14.5 Å². The van der Waals surface area contributed by atoms with E-state index in [0.29, 0.717) is 58.0 Å². The summed E-state index contributed by atoms with van der Waals surface area (Å²) >= 11 is 6.83. The predicted molar refractivity (Wildman–Crippen MR) is 141 cm³/mol. The van der Waals surface area contributed by atoms with E-state index >= 15 is 0 Å². The van der Waals surface area contributed by atoms with Crippen LogP contribution in [-0.2, 0) is 4.79 Å². The molecule has 7 heteroatoms. The molecular formula is C30H28ClNO5.